The fourth-order valence-electron chi connectivity index (χ4n) is 2.98. The van der Waals surface area contributed by atoms with Crippen molar-refractivity contribution in [2.45, 2.75) is 39.2 Å². The van der Waals surface area contributed by atoms with Crippen molar-refractivity contribution in [1.29, 1.82) is 0 Å². The second kappa shape index (κ2) is 6.71. The lowest BCUT2D eigenvalue weighted by Gasteiger charge is -2.26. The van der Waals surface area contributed by atoms with E-state index in [2.05, 4.69) is 12.2 Å². The third-order valence-corrected chi connectivity index (χ3v) is 3.98. The molecule has 2 rings (SSSR count). The Morgan fingerprint density at radius 3 is 3.00 bits per heavy atom. The van der Waals surface area contributed by atoms with Crippen molar-refractivity contribution < 1.29 is 9.90 Å². The summed E-state index contributed by atoms with van der Waals surface area (Å²) < 4.78 is 0. The first-order valence-corrected chi connectivity index (χ1v) is 7.18. The van der Waals surface area contributed by atoms with Crippen molar-refractivity contribution in [2.24, 2.45) is 11.8 Å². The number of benzene rings is 1. The molecule has 0 aromatic heterocycles. The maximum Gasteiger partial charge on any atom is 0.335 e. The summed E-state index contributed by atoms with van der Waals surface area (Å²) in [6, 6.07) is 7.17. The number of aromatic carboxylic acids is 1. The predicted molar refractivity (Wildman–Crippen MR) is 76.2 cm³/mol. The van der Waals surface area contributed by atoms with Crippen molar-refractivity contribution in [3.05, 3.63) is 35.4 Å². The zero-order chi connectivity index (χ0) is 13.7. The molecule has 104 valence electrons. The van der Waals surface area contributed by atoms with Gasteiger partial charge in [0.05, 0.1) is 5.56 Å². The number of hydrogen-bond acceptors (Lipinski definition) is 2. The van der Waals surface area contributed by atoms with Crippen LogP contribution in [-0.4, -0.2) is 17.6 Å². The molecular weight excluding hydrogens is 238 g/mol. The van der Waals surface area contributed by atoms with Crippen LogP contribution in [0.15, 0.2) is 24.3 Å². The molecule has 1 aliphatic carbocycles. The van der Waals surface area contributed by atoms with E-state index in [0.717, 1.165) is 30.5 Å². The number of carboxylic acids is 1. The molecule has 19 heavy (non-hydrogen) atoms. The summed E-state index contributed by atoms with van der Waals surface area (Å²) in [7, 11) is 0. The monoisotopic (exact) mass is 261 g/mol. The Kier molecular flexibility index (Phi) is 4.97. The molecule has 2 N–H and O–H groups in total. The van der Waals surface area contributed by atoms with Gasteiger partial charge in [-0.3, -0.25) is 0 Å². The summed E-state index contributed by atoms with van der Waals surface area (Å²) in [5.74, 6) is 0.783. The van der Waals surface area contributed by atoms with Gasteiger partial charge in [-0.15, -0.1) is 0 Å². The molecule has 0 bridgehead atoms. The molecule has 1 aromatic rings. The molecule has 1 fully saturated rings. The van der Waals surface area contributed by atoms with Gasteiger partial charge in [0.25, 0.3) is 0 Å². The van der Waals surface area contributed by atoms with E-state index in [0.29, 0.717) is 5.56 Å². The summed E-state index contributed by atoms with van der Waals surface area (Å²) in [6.45, 7) is 4.14. The first kappa shape index (κ1) is 14.1. The third kappa shape index (κ3) is 4.35. The molecule has 2 unspecified atom stereocenters. The summed E-state index contributed by atoms with van der Waals surface area (Å²) in [6.07, 6.45) is 5.37. The molecule has 0 amide bonds. The van der Waals surface area contributed by atoms with E-state index in [4.69, 9.17) is 5.11 Å². The summed E-state index contributed by atoms with van der Waals surface area (Å²) in [5, 5.41) is 12.4. The predicted octanol–water partition coefficient (Wildman–Crippen LogP) is 3.30. The smallest absolute Gasteiger partial charge is 0.335 e. The van der Waals surface area contributed by atoms with Crippen LogP contribution < -0.4 is 5.32 Å². The zero-order valence-corrected chi connectivity index (χ0v) is 11.6. The first-order chi connectivity index (χ1) is 9.15. The first-order valence-electron chi connectivity index (χ1n) is 7.18. The van der Waals surface area contributed by atoms with E-state index in [1.54, 1.807) is 12.1 Å². The van der Waals surface area contributed by atoms with Crippen molar-refractivity contribution in [2.75, 3.05) is 6.54 Å². The van der Waals surface area contributed by atoms with Gasteiger partial charge in [-0.05, 0) is 48.9 Å². The number of carboxylic acid groups (broad SMARTS) is 1. The highest BCUT2D eigenvalue weighted by molar-refractivity contribution is 5.87. The number of nitrogens with one attached hydrogen (secondary N) is 1. The maximum absolute atomic E-state index is 10.9. The summed E-state index contributed by atoms with van der Waals surface area (Å²) in [5.41, 5.74) is 1.41. The molecule has 1 aromatic carbocycles. The van der Waals surface area contributed by atoms with Gasteiger partial charge in [-0.25, -0.2) is 4.79 Å². The summed E-state index contributed by atoms with van der Waals surface area (Å²) >= 11 is 0. The Hall–Kier alpha value is -1.35. The van der Waals surface area contributed by atoms with Gasteiger partial charge in [0.2, 0.25) is 0 Å². The van der Waals surface area contributed by atoms with Gasteiger partial charge in [-0.1, -0.05) is 31.9 Å². The van der Waals surface area contributed by atoms with Gasteiger partial charge in [0.1, 0.15) is 0 Å². The molecule has 2 atom stereocenters. The molecule has 1 aliphatic rings. The molecule has 0 heterocycles. The van der Waals surface area contributed by atoms with Crippen LogP contribution >= 0.6 is 0 Å². The largest absolute Gasteiger partial charge is 0.478 e. The van der Waals surface area contributed by atoms with Crippen molar-refractivity contribution >= 4 is 5.97 Å². The highest BCUT2D eigenvalue weighted by Crippen LogP contribution is 2.27. The average molecular weight is 261 g/mol. The lowest BCUT2D eigenvalue weighted by Crippen LogP contribution is -2.26. The van der Waals surface area contributed by atoms with Crippen LogP contribution in [0.4, 0.5) is 0 Å². The van der Waals surface area contributed by atoms with Crippen molar-refractivity contribution in [3.63, 3.8) is 0 Å². The van der Waals surface area contributed by atoms with E-state index in [1.807, 2.05) is 12.1 Å². The van der Waals surface area contributed by atoms with Crippen LogP contribution in [-0.2, 0) is 6.54 Å². The quantitative estimate of drug-likeness (QED) is 0.855. The minimum atomic E-state index is -0.858. The number of hydrogen-bond donors (Lipinski definition) is 2. The van der Waals surface area contributed by atoms with E-state index in [1.165, 1.54) is 25.7 Å². The van der Waals surface area contributed by atoms with Crippen molar-refractivity contribution in [1.82, 2.24) is 5.32 Å². The molecule has 3 heteroatoms. The van der Waals surface area contributed by atoms with Gasteiger partial charge in [0, 0.05) is 6.54 Å². The Morgan fingerprint density at radius 2 is 2.26 bits per heavy atom. The van der Waals surface area contributed by atoms with Gasteiger partial charge in [0.15, 0.2) is 0 Å². The molecule has 0 saturated heterocycles. The van der Waals surface area contributed by atoms with E-state index < -0.39 is 5.97 Å². The normalized spacial score (nSPS) is 23.2. The fraction of sp³-hybridized carbons (Fsp3) is 0.562. The van der Waals surface area contributed by atoms with E-state index in [-0.39, 0.29) is 0 Å². The standard InChI is InChI=1S/C16H23NO2/c1-12-4-2-5-13(8-12)10-17-11-14-6-3-7-15(9-14)16(18)19/h3,6-7,9,12-13,17H,2,4-5,8,10-11H2,1H3,(H,18,19). The van der Waals surface area contributed by atoms with Crippen molar-refractivity contribution in [3.8, 4) is 0 Å². The topological polar surface area (TPSA) is 49.3 Å². The molecular formula is C16H23NO2. The van der Waals surface area contributed by atoms with Crippen LogP contribution in [0.2, 0.25) is 0 Å². The zero-order valence-electron chi connectivity index (χ0n) is 11.6. The van der Waals surface area contributed by atoms with Crippen LogP contribution in [0.3, 0.4) is 0 Å². The van der Waals surface area contributed by atoms with Gasteiger partial charge >= 0.3 is 5.97 Å². The van der Waals surface area contributed by atoms with Crippen LogP contribution in [0, 0.1) is 11.8 Å². The SMILES string of the molecule is CC1CCCC(CNCc2cccc(C(=O)O)c2)C1. The van der Waals surface area contributed by atoms with Gasteiger partial charge < -0.3 is 10.4 Å². The Balaban J connectivity index is 1.79. The second-order valence-electron chi connectivity index (χ2n) is 5.77. The molecule has 0 aliphatic heterocycles. The lowest BCUT2D eigenvalue weighted by atomic mass is 9.82. The molecule has 1 saturated carbocycles. The van der Waals surface area contributed by atoms with Crippen LogP contribution in [0.25, 0.3) is 0 Å². The Bertz CT molecular complexity index is 431. The highest BCUT2D eigenvalue weighted by Gasteiger charge is 2.18. The average Bonchev–Trinajstić information content (AvgIpc) is 2.39. The fourth-order valence-corrected chi connectivity index (χ4v) is 2.98. The molecule has 3 nitrogen and oxygen atoms in total. The second-order valence-corrected chi connectivity index (χ2v) is 5.77. The third-order valence-electron chi connectivity index (χ3n) is 3.98. The Labute approximate surface area is 115 Å². The van der Waals surface area contributed by atoms with Crippen LogP contribution in [0.1, 0.15) is 48.5 Å². The minimum Gasteiger partial charge on any atom is -0.478 e. The van der Waals surface area contributed by atoms with E-state index in [9.17, 15) is 4.79 Å². The van der Waals surface area contributed by atoms with Gasteiger partial charge in [-0.2, -0.15) is 0 Å². The minimum absolute atomic E-state index is 0.366. The highest BCUT2D eigenvalue weighted by atomic mass is 16.4. The maximum atomic E-state index is 10.9. The number of rotatable bonds is 5. The van der Waals surface area contributed by atoms with Crippen LogP contribution in [0.5, 0.6) is 0 Å². The van der Waals surface area contributed by atoms with E-state index >= 15 is 0 Å². The number of carbonyl (C=O) groups is 1. The summed E-state index contributed by atoms with van der Waals surface area (Å²) in [4.78, 5) is 10.9. The lowest BCUT2D eigenvalue weighted by molar-refractivity contribution is 0.0696. The molecule has 0 spiro atoms. The molecule has 0 radical (unpaired) electrons. The Morgan fingerprint density at radius 1 is 1.42 bits per heavy atom.